The molecule has 0 saturated carbocycles. The fourth-order valence-electron chi connectivity index (χ4n) is 2.64. The highest BCUT2D eigenvalue weighted by molar-refractivity contribution is 6.31. The molecule has 0 unspecified atom stereocenters. The number of likely N-dealkylation sites (N-methyl/N-ethyl adjacent to an activating group) is 1. The van der Waals surface area contributed by atoms with Crippen LogP contribution in [0.1, 0.15) is 19.4 Å². The van der Waals surface area contributed by atoms with Crippen molar-refractivity contribution in [3.8, 4) is 0 Å². The zero-order chi connectivity index (χ0) is 14.0. The van der Waals surface area contributed by atoms with Gasteiger partial charge in [-0.1, -0.05) is 17.7 Å². The molecular weight excluding hydrogens is 258 g/mol. The van der Waals surface area contributed by atoms with Crippen LogP contribution in [0.2, 0.25) is 5.02 Å². The molecule has 3 nitrogen and oxygen atoms in total. The summed E-state index contributed by atoms with van der Waals surface area (Å²) >= 11 is 6.35. The molecule has 0 aliphatic carbocycles. The van der Waals surface area contributed by atoms with Crippen LogP contribution in [0.4, 0.5) is 5.69 Å². The van der Waals surface area contributed by atoms with Gasteiger partial charge in [0.1, 0.15) is 0 Å². The van der Waals surface area contributed by atoms with E-state index in [0.29, 0.717) is 0 Å². The third-order valence-corrected chi connectivity index (χ3v) is 4.46. The summed E-state index contributed by atoms with van der Waals surface area (Å²) in [7, 11) is 4.16. The van der Waals surface area contributed by atoms with E-state index >= 15 is 0 Å². The van der Waals surface area contributed by atoms with Gasteiger partial charge in [0, 0.05) is 48.0 Å². The topological polar surface area (TPSA) is 18.5 Å². The Morgan fingerprint density at radius 2 is 2.05 bits per heavy atom. The predicted octanol–water partition coefficient (Wildman–Crippen LogP) is 2.59. The van der Waals surface area contributed by atoms with Crippen LogP contribution < -0.4 is 10.2 Å². The van der Waals surface area contributed by atoms with Crippen LogP contribution in [0.3, 0.4) is 0 Å². The molecule has 0 bridgehead atoms. The molecule has 4 heteroatoms. The average Bonchev–Trinajstić information content (AvgIpc) is 2.35. The Hall–Kier alpha value is -0.770. The van der Waals surface area contributed by atoms with E-state index in [0.717, 1.165) is 31.2 Å². The SMILES string of the molecule is CNCc1c(Cl)cccc1N1CCN(C)C(C)(C)C1. The zero-order valence-electron chi connectivity index (χ0n) is 12.3. The van der Waals surface area contributed by atoms with Gasteiger partial charge in [0.2, 0.25) is 0 Å². The van der Waals surface area contributed by atoms with Gasteiger partial charge in [-0.15, -0.1) is 0 Å². The number of anilines is 1. The predicted molar refractivity (Wildman–Crippen MR) is 83.1 cm³/mol. The van der Waals surface area contributed by atoms with E-state index in [1.165, 1.54) is 11.3 Å². The maximum Gasteiger partial charge on any atom is 0.0471 e. The molecule has 1 aromatic carbocycles. The summed E-state index contributed by atoms with van der Waals surface area (Å²) in [5, 5.41) is 4.06. The number of rotatable bonds is 3. The summed E-state index contributed by atoms with van der Waals surface area (Å²) in [6.45, 7) is 8.56. The van der Waals surface area contributed by atoms with E-state index in [2.05, 4.69) is 42.1 Å². The van der Waals surface area contributed by atoms with Crippen molar-refractivity contribution >= 4 is 17.3 Å². The van der Waals surface area contributed by atoms with Crippen LogP contribution in [0.25, 0.3) is 0 Å². The lowest BCUT2D eigenvalue weighted by atomic mass is 9.98. The van der Waals surface area contributed by atoms with Crippen LogP contribution in [0.5, 0.6) is 0 Å². The molecule has 19 heavy (non-hydrogen) atoms. The third-order valence-electron chi connectivity index (χ3n) is 4.10. The largest absolute Gasteiger partial charge is 0.368 e. The van der Waals surface area contributed by atoms with Gasteiger partial charge in [-0.05, 0) is 40.1 Å². The minimum absolute atomic E-state index is 0.192. The second-order valence-corrected chi connectivity index (χ2v) is 6.33. The van der Waals surface area contributed by atoms with Crippen LogP contribution >= 0.6 is 11.6 Å². The Balaban J connectivity index is 2.29. The molecule has 1 N–H and O–H groups in total. The lowest BCUT2D eigenvalue weighted by Gasteiger charge is -2.46. The number of nitrogens with zero attached hydrogens (tertiary/aromatic N) is 2. The fraction of sp³-hybridized carbons (Fsp3) is 0.600. The Bertz CT molecular complexity index is 445. The van der Waals surface area contributed by atoms with E-state index in [4.69, 9.17) is 11.6 Å². The molecule has 1 fully saturated rings. The molecule has 0 radical (unpaired) electrons. The first kappa shape index (κ1) is 14.6. The molecule has 0 aromatic heterocycles. The van der Waals surface area contributed by atoms with Crippen LogP contribution in [-0.2, 0) is 6.54 Å². The molecule has 1 aliphatic heterocycles. The Morgan fingerprint density at radius 3 is 2.68 bits per heavy atom. The summed E-state index contributed by atoms with van der Waals surface area (Å²) in [6, 6.07) is 6.20. The first-order valence-electron chi connectivity index (χ1n) is 6.84. The van der Waals surface area contributed by atoms with E-state index < -0.39 is 0 Å². The summed E-state index contributed by atoms with van der Waals surface area (Å²) in [4.78, 5) is 4.88. The van der Waals surface area contributed by atoms with Gasteiger partial charge < -0.3 is 10.2 Å². The number of piperazine rings is 1. The van der Waals surface area contributed by atoms with Crippen molar-refractivity contribution in [2.45, 2.75) is 25.9 Å². The fourth-order valence-corrected chi connectivity index (χ4v) is 2.88. The molecule has 0 amide bonds. The van der Waals surface area contributed by atoms with E-state index in [9.17, 15) is 0 Å². The summed E-state index contributed by atoms with van der Waals surface area (Å²) < 4.78 is 0. The summed E-state index contributed by atoms with van der Waals surface area (Å²) in [6.07, 6.45) is 0. The Labute approximate surface area is 121 Å². The van der Waals surface area contributed by atoms with Crippen molar-refractivity contribution in [2.75, 3.05) is 38.6 Å². The summed E-state index contributed by atoms with van der Waals surface area (Å²) in [5.74, 6) is 0. The minimum Gasteiger partial charge on any atom is -0.368 e. The smallest absolute Gasteiger partial charge is 0.0471 e. The van der Waals surface area contributed by atoms with Gasteiger partial charge in [-0.3, -0.25) is 4.90 Å². The maximum absolute atomic E-state index is 6.35. The normalized spacial score (nSPS) is 19.7. The minimum atomic E-state index is 0.192. The molecule has 106 valence electrons. The van der Waals surface area contributed by atoms with Gasteiger partial charge in [0.05, 0.1) is 0 Å². The molecular formula is C15H24ClN3. The molecule has 1 heterocycles. The Morgan fingerprint density at radius 1 is 1.32 bits per heavy atom. The highest BCUT2D eigenvalue weighted by Gasteiger charge is 2.31. The van der Waals surface area contributed by atoms with E-state index in [1.54, 1.807) is 0 Å². The van der Waals surface area contributed by atoms with Crippen molar-refractivity contribution in [3.05, 3.63) is 28.8 Å². The van der Waals surface area contributed by atoms with E-state index in [-0.39, 0.29) is 5.54 Å². The number of hydrogen-bond acceptors (Lipinski definition) is 3. The van der Waals surface area contributed by atoms with Crippen molar-refractivity contribution < 1.29 is 0 Å². The highest BCUT2D eigenvalue weighted by Crippen LogP contribution is 2.31. The van der Waals surface area contributed by atoms with Gasteiger partial charge >= 0.3 is 0 Å². The second kappa shape index (κ2) is 5.70. The third kappa shape index (κ3) is 3.04. The first-order chi connectivity index (χ1) is 8.95. The molecule has 1 aliphatic rings. The Kier molecular flexibility index (Phi) is 4.39. The van der Waals surface area contributed by atoms with Crippen LogP contribution in [-0.4, -0.2) is 44.2 Å². The molecule has 0 spiro atoms. The monoisotopic (exact) mass is 281 g/mol. The second-order valence-electron chi connectivity index (χ2n) is 5.92. The van der Waals surface area contributed by atoms with Crippen LogP contribution in [0.15, 0.2) is 18.2 Å². The number of nitrogens with one attached hydrogen (secondary N) is 1. The van der Waals surface area contributed by atoms with Crippen molar-refractivity contribution in [1.29, 1.82) is 0 Å². The van der Waals surface area contributed by atoms with Gasteiger partial charge in [0.15, 0.2) is 0 Å². The van der Waals surface area contributed by atoms with Gasteiger partial charge in [-0.25, -0.2) is 0 Å². The van der Waals surface area contributed by atoms with E-state index in [1.807, 2.05) is 19.2 Å². The number of hydrogen-bond donors (Lipinski definition) is 1. The van der Waals surface area contributed by atoms with Crippen molar-refractivity contribution in [3.63, 3.8) is 0 Å². The number of benzene rings is 1. The van der Waals surface area contributed by atoms with Gasteiger partial charge in [0.25, 0.3) is 0 Å². The molecule has 1 aromatic rings. The van der Waals surface area contributed by atoms with Crippen molar-refractivity contribution in [1.82, 2.24) is 10.2 Å². The highest BCUT2D eigenvalue weighted by atomic mass is 35.5. The first-order valence-corrected chi connectivity index (χ1v) is 7.21. The lowest BCUT2D eigenvalue weighted by Crippen LogP contribution is -2.57. The molecule has 1 saturated heterocycles. The molecule has 0 atom stereocenters. The number of halogens is 1. The zero-order valence-corrected chi connectivity index (χ0v) is 13.1. The maximum atomic E-state index is 6.35. The summed E-state index contributed by atoms with van der Waals surface area (Å²) in [5.41, 5.74) is 2.66. The quantitative estimate of drug-likeness (QED) is 0.919. The molecule has 2 rings (SSSR count). The van der Waals surface area contributed by atoms with Gasteiger partial charge in [-0.2, -0.15) is 0 Å². The lowest BCUT2D eigenvalue weighted by molar-refractivity contribution is 0.139. The van der Waals surface area contributed by atoms with Crippen molar-refractivity contribution in [2.24, 2.45) is 0 Å². The average molecular weight is 282 g/mol. The standard InChI is InChI=1S/C15H24ClN3/c1-15(2)11-19(9-8-18(15)4)14-7-5-6-13(16)12(14)10-17-3/h5-7,17H,8-11H2,1-4H3. The van der Waals surface area contributed by atoms with Crippen LogP contribution in [0, 0.1) is 0 Å².